The Kier molecular flexibility index (Phi) is 3.93. The third-order valence-electron chi connectivity index (χ3n) is 2.07. The topological polar surface area (TPSA) is 21.3 Å². The van der Waals surface area contributed by atoms with E-state index in [0.29, 0.717) is 5.92 Å². The summed E-state index contributed by atoms with van der Waals surface area (Å²) in [5, 5.41) is 0. The van der Waals surface area contributed by atoms with Crippen molar-refractivity contribution in [3.8, 4) is 0 Å². The Hall–Kier alpha value is -0.860. The predicted octanol–water partition coefficient (Wildman–Crippen LogP) is 2.53. The maximum absolute atomic E-state index is 4.97. The second-order valence-corrected chi connectivity index (χ2v) is 3.45. The van der Waals surface area contributed by atoms with Crippen molar-refractivity contribution in [2.24, 2.45) is 5.92 Å². The van der Waals surface area contributed by atoms with Gasteiger partial charge in [-0.05, 0) is 11.5 Å². The molecule has 0 spiro atoms. The Labute approximate surface area is 79.9 Å². The molecule has 1 atom stereocenters. The van der Waals surface area contributed by atoms with Crippen LogP contribution in [0.3, 0.4) is 0 Å². The molecule has 0 aliphatic heterocycles. The zero-order valence-electron chi connectivity index (χ0n) is 8.45. The second kappa shape index (κ2) is 5.00. The lowest BCUT2D eigenvalue weighted by Gasteiger charge is -2.21. The molecule has 2 nitrogen and oxygen atoms in total. The smallest absolute Gasteiger partial charge is 0.0594 e. The summed E-state index contributed by atoms with van der Waals surface area (Å²) in [6.07, 6.45) is 0. The number of hydroxylamine groups is 1. The zero-order chi connectivity index (χ0) is 9.68. The van der Waals surface area contributed by atoms with Crippen LogP contribution in [0.2, 0.25) is 0 Å². The first kappa shape index (κ1) is 10.2. The molecule has 2 heteroatoms. The third kappa shape index (κ3) is 2.83. The molecule has 0 fully saturated rings. The van der Waals surface area contributed by atoms with E-state index in [2.05, 4.69) is 31.5 Å². The van der Waals surface area contributed by atoms with E-state index < -0.39 is 0 Å². The molecule has 1 N–H and O–H groups in total. The fourth-order valence-corrected chi connectivity index (χ4v) is 1.38. The van der Waals surface area contributed by atoms with Gasteiger partial charge in [0.2, 0.25) is 0 Å². The fraction of sp³-hybridized carbons (Fsp3) is 0.455. The first-order valence-corrected chi connectivity index (χ1v) is 4.59. The molecule has 0 saturated carbocycles. The number of nitrogens with one attached hydrogen (secondary N) is 1. The lowest BCUT2D eigenvalue weighted by atomic mass is 9.97. The Morgan fingerprint density at radius 2 is 1.77 bits per heavy atom. The maximum atomic E-state index is 4.97. The monoisotopic (exact) mass is 179 g/mol. The molecule has 0 aliphatic rings. The van der Waals surface area contributed by atoms with Gasteiger partial charge in [0.15, 0.2) is 0 Å². The molecule has 13 heavy (non-hydrogen) atoms. The lowest BCUT2D eigenvalue weighted by Crippen LogP contribution is -2.24. The van der Waals surface area contributed by atoms with Crippen molar-refractivity contribution < 1.29 is 4.84 Å². The average Bonchev–Trinajstić information content (AvgIpc) is 2.15. The van der Waals surface area contributed by atoms with E-state index in [-0.39, 0.29) is 6.04 Å². The van der Waals surface area contributed by atoms with Crippen molar-refractivity contribution in [1.82, 2.24) is 5.48 Å². The van der Waals surface area contributed by atoms with Crippen LogP contribution in [-0.4, -0.2) is 7.11 Å². The summed E-state index contributed by atoms with van der Waals surface area (Å²) in [6, 6.07) is 10.6. The molecular formula is C11H17NO. The number of rotatable bonds is 4. The van der Waals surface area contributed by atoms with Crippen LogP contribution in [0.4, 0.5) is 0 Å². The van der Waals surface area contributed by atoms with Crippen LogP contribution in [-0.2, 0) is 4.84 Å². The van der Waals surface area contributed by atoms with Crippen LogP contribution in [0.15, 0.2) is 30.3 Å². The molecule has 0 aromatic heterocycles. The van der Waals surface area contributed by atoms with Crippen molar-refractivity contribution in [3.63, 3.8) is 0 Å². The van der Waals surface area contributed by atoms with E-state index in [1.165, 1.54) is 5.56 Å². The SMILES string of the molecule is CONC(c1ccccc1)C(C)C. The van der Waals surface area contributed by atoms with Crippen LogP contribution >= 0.6 is 0 Å². The molecule has 1 rings (SSSR count). The minimum Gasteiger partial charge on any atom is -0.305 e. The van der Waals surface area contributed by atoms with Gasteiger partial charge in [-0.15, -0.1) is 0 Å². The molecule has 0 saturated heterocycles. The largest absolute Gasteiger partial charge is 0.305 e. The van der Waals surface area contributed by atoms with Crippen molar-refractivity contribution >= 4 is 0 Å². The Morgan fingerprint density at radius 3 is 2.23 bits per heavy atom. The summed E-state index contributed by atoms with van der Waals surface area (Å²) < 4.78 is 0. The second-order valence-electron chi connectivity index (χ2n) is 3.45. The van der Waals surface area contributed by atoms with Gasteiger partial charge < -0.3 is 4.84 Å². The molecule has 1 aromatic rings. The highest BCUT2D eigenvalue weighted by molar-refractivity contribution is 5.18. The van der Waals surface area contributed by atoms with E-state index in [1.54, 1.807) is 7.11 Å². The number of benzene rings is 1. The highest BCUT2D eigenvalue weighted by Crippen LogP contribution is 2.20. The van der Waals surface area contributed by atoms with E-state index in [1.807, 2.05) is 18.2 Å². The lowest BCUT2D eigenvalue weighted by molar-refractivity contribution is 0.0459. The molecule has 0 radical (unpaired) electrons. The minimum atomic E-state index is 0.270. The van der Waals surface area contributed by atoms with Gasteiger partial charge in [0.1, 0.15) is 0 Å². The predicted molar refractivity (Wildman–Crippen MR) is 54.2 cm³/mol. The van der Waals surface area contributed by atoms with E-state index in [4.69, 9.17) is 4.84 Å². The highest BCUT2D eigenvalue weighted by atomic mass is 16.6. The fourth-order valence-electron chi connectivity index (χ4n) is 1.38. The van der Waals surface area contributed by atoms with E-state index >= 15 is 0 Å². The van der Waals surface area contributed by atoms with Crippen molar-refractivity contribution in [1.29, 1.82) is 0 Å². The Balaban J connectivity index is 2.76. The van der Waals surface area contributed by atoms with Crippen LogP contribution < -0.4 is 5.48 Å². The first-order chi connectivity index (χ1) is 6.25. The summed E-state index contributed by atoms with van der Waals surface area (Å²) in [7, 11) is 1.65. The van der Waals surface area contributed by atoms with Crippen molar-refractivity contribution in [2.75, 3.05) is 7.11 Å². The number of hydrogen-bond donors (Lipinski definition) is 1. The van der Waals surface area contributed by atoms with E-state index in [0.717, 1.165) is 0 Å². The van der Waals surface area contributed by atoms with Gasteiger partial charge in [0.25, 0.3) is 0 Å². The zero-order valence-corrected chi connectivity index (χ0v) is 8.45. The summed E-state index contributed by atoms with van der Waals surface area (Å²) in [4.78, 5) is 4.97. The highest BCUT2D eigenvalue weighted by Gasteiger charge is 2.14. The van der Waals surface area contributed by atoms with Crippen LogP contribution in [0.1, 0.15) is 25.5 Å². The van der Waals surface area contributed by atoms with Crippen LogP contribution in [0.25, 0.3) is 0 Å². The molecular weight excluding hydrogens is 162 g/mol. The van der Waals surface area contributed by atoms with Gasteiger partial charge in [-0.25, -0.2) is 0 Å². The minimum absolute atomic E-state index is 0.270. The molecule has 0 amide bonds. The summed E-state index contributed by atoms with van der Waals surface area (Å²) in [5.74, 6) is 0.516. The molecule has 72 valence electrons. The number of hydrogen-bond acceptors (Lipinski definition) is 2. The van der Waals surface area contributed by atoms with Gasteiger partial charge >= 0.3 is 0 Å². The molecule has 0 heterocycles. The Morgan fingerprint density at radius 1 is 1.15 bits per heavy atom. The van der Waals surface area contributed by atoms with Crippen LogP contribution in [0.5, 0.6) is 0 Å². The van der Waals surface area contributed by atoms with Crippen molar-refractivity contribution in [3.05, 3.63) is 35.9 Å². The molecule has 1 unspecified atom stereocenters. The van der Waals surface area contributed by atoms with Crippen LogP contribution in [0, 0.1) is 5.92 Å². The van der Waals surface area contributed by atoms with Crippen molar-refractivity contribution in [2.45, 2.75) is 19.9 Å². The maximum Gasteiger partial charge on any atom is 0.0594 e. The average molecular weight is 179 g/mol. The van der Waals surface area contributed by atoms with Gasteiger partial charge in [-0.2, -0.15) is 5.48 Å². The molecule has 1 aromatic carbocycles. The van der Waals surface area contributed by atoms with Gasteiger partial charge in [-0.3, -0.25) is 0 Å². The Bertz CT molecular complexity index is 233. The van der Waals surface area contributed by atoms with E-state index in [9.17, 15) is 0 Å². The summed E-state index contributed by atoms with van der Waals surface area (Å²) >= 11 is 0. The first-order valence-electron chi connectivity index (χ1n) is 4.59. The standard InChI is InChI=1S/C11H17NO/c1-9(2)11(12-13-3)10-7-5-4-6-8-10/h4-9,11-12H,1-3H3. The van der Waals surface area contributed by atoms with Gasteiger partial charge in [0, 0.05) is 0 Å². The third-order valence-corrected chi connectivity index (χ3v) is 2.07. The van der Waals surface area contributed by atoms with Gasteiger partial charge in [-0.1, -0.05) is 44.2 Å². The normalized spacial score (nSPS) is 13.2. The quantitative estimate of drug-likeness (QED) is 0.717. The van der Waals surface area contributed by atoms with Gasteiger partial charge in [0.05, 0.1) is 13.2 Å². The molecule has 0 bridgehead atoms. The molecule has 0 aliphatic carbocycles. The summed E-state index contributed by atoms with van der Waals surface area (Å²) in [5.41, 5.74) is 4.26. The summed E-state index contributed by atoms with van der Waals surface area (Å²) in [6.45, 7) is 4.34.